The van der Waals surface area contributed by atoms with Crippen molar-refractivity contribution in [2.24, 2.45) is 5.92 Å². The van der Waals surface area contributed by atoms with E-state index in [4.69, 9.17) is 4.74 Å². The maximum Gasteiger partial charge on any atom is 0.231 e. The van der Waals surface area contributed by atoms with E-state index >= 15 is 0 Å². The summed E-state index contributed by atoms with van der Waals surface area (Å²) in [7, 11) is 0. The second-order valence-corrected chi connectivity index (χ2v) is 7.11. The summed E-state index contributed by atoms with van der Waals surface area (Å²) >= 11 is 0. The first-order chi connectivity index (χ1) is 11.1. The highest BCUT2D eigenvalue weighted by Crippen LogP contribution is 2.35. The highest BCUT2D eigenvalue weighted by Gasteiger charge is 2.42. The Kier molecular flexibility index (Phi) is 5.02. The molecule has 126 valence electrons. The molecule has 0 radical (unpaired) electrons. The largest absolute Gasteiger partial charge is 0.381 e. The molecule has 0 spiro atoms. The molecular formula is C19H28N2O2. The minimum Gasteiger partial charge on any atom is -0.381 e. The van der Waals surface area contributed by atoms with Gasteiger partial charge in [0.1, 0.15) is 0 Å². The quantitative estimate of drug-likeness (QED) is 0.898. The first-order valence-corrected chi connectivity index (χ1v) is 8.78. The van der Waals surface area contributed by atoms with Gasteiger partial charge in [-0.25, -0.2) is 0 Å². The normalized spacial score (nSPS) is 27.4. The highest BCUT2D eigenvalue weighted by atomic mass is 16.5. The van der Waals surface area contributed by atoms with Crippen LogP contribution in [0.5, 0.6) is 0 Å². The lowest BCUT2D eigenvalue weighted by molar-refractivity contribution is -0.131. The number of piperidine rings is 1. The van der Waals surface area contributed by atoms with Crippen molar-refractivity contribution >= 4 is 5.91 Å². The number of nitrogens with one attached hydrogen (secondary N) is 2. The van der Waals surface area contributed by atoms with Crippen LogP contribution < -0.4 is 10.6 Å². The fraction of sp³-hybridized carbons (Fsp3) is 0.632. The SMILES string of the molecule is Cc1ccc(C2(C(=O)NC3CNCCC3C)CCOCC2)cc1. The molecule has 0 aromatic heterocycles. The fourth-order valence-corrected chi connectivity index (χ4v) is 3.73. The van der Waals surface area contributed by atoms with Gasteiger partial charge in [-0.3, -0.25) is 4.79 Å². The molecule has 1 aromatic carbocycles. The molecule has 2 heterocycles. The van der Waals surface area contributed by atoms with E-state index in [1.807, 2.05) is 0 Å². The van der Waals surface area contributed by atoms with Gasteiger partial charge in [0.15, 0.2) is 0 Å². The number of aryl methyl sites for hydroxylation is 1. The van der Waals surface area contributed by atoms with Crippen molar-refractivity contribution in [2.75, 3.05) is 26.3 Å². The van der Waals surface area contributed by atoms with Gasteiger partial charge >= 0.3 is 0 Å². The van der Waals surface area contributed by atoms with Crippen LogP contribution in [0.2, 0.25) is 0 Å². The van der Waals surface area contributed by atoms with Crippen LogP contribution in [-0.4, -0.2) is 38.3 Å². The number of benzene rings is 1. The first-order valence-electron chi connectivity index (χ1n) is 8.78. The summed E-state index contributed by atoms with van der Waals surface area (Å²) in [5.41, 5.74) is 1.91. The van der Waals surface area contributed by atoms with Crippen LogP contribution in [0.3, 0.4) is 0 Å². The predicted octanol–water partition coefficient (Wildman–Crippen LogP) is 2.16. The summed E-state index contributed by atoms with van der Waals surface area (Å²) < 4.78 is 5.54. The molecule has 2 N–H and O–H groups in total. The van der Waals surface area contributed by atoms with Gasteiger partial charge in [0, 0.05) is 25.8 Å². The minimum atomic E-state index is -0.441. The predicted molar refractivity (Wildman–Crippen MR) is 91.5 cm³/mol. The lowest BCUT2D eigenvalue weighted by Crippen LogP contribution is -2.56. The molecule has 2 atom stereocenters. The van der Waals surface area contributed by atoms with Gasteiger partial charge < -0.3 is 15.4 Å². The summed E-state index contributed by atoms with van der Waals surface area (Å²) in [6.07, 6.45) is 2.64. The van der Waals surface area contributed by atoms with Gasteiger partial charge in [-0.15, -0.1) is 0 Å². The van der Waals surface area contributed by atoms with Crippen LogP contribution in [0.25, 0.3) is 0 Å². The van der Waals surface area contributed by atoms with Gasteiger partial charge in [0.25, 0.3) is 0 Å². The van der Waals surface area contributed by atoms with E-state index in [-0.39, 0.29) is 11.9 Å². The van der Waals surface area contributed by atoms with Crippen LogP contribution in [0, 0.1) is 12.8 Å². The number of rotatable bonds is 3. The molecule has 4 nitrogen and oxygen atoms in total. The summed E-state index contributed by atoms with van der Waals surface area (Å²) in [5, 5.41) is 6.73. The molecule has 1 aromatic rings. The Balaban J connectivity index is 1.83. The minimum absolute atomic E-state index is 0.171. The molecule has 0 saturated carbocycles. The molecule has 2 fully saturated rings. The van der Waals surface area contributed by atoms with Crippen LogP contribution in [0.15, 0.2) is 24.3 Å². The van der Waals surface area contributed by atoms with Crippen molar-refractivity contribution in [3.63, 3.8) is 0 Å². The summed E-state index contributed by atoms with van der Waals surface area (Å²) in [6.45, 7) is 7.53. The lowest BCUT2D eigenvalue weighted by atomic mass is 9.73. The van der Waals surface area contributed by atoms with Gasteiger partial charge in [-0.1, -0.05) is 36.8 Å². The number of hydrogen-bond donors (Lipinski definition) is 2. The van der Waals surface area contributed by atoms with Crippen molar-refractivity contribution in [1.82, 2.24) is 10.6 Å². The standard InChI is InChI=1S/C19H28N2O2/c1-14-3-5-16(6-4-14)19(8-11-23-12-9-19)18(22)21-17-13-20-10-7-15(17)2/h3-6,15,17,20H,7-13H2,1-2H3,(H,21,22). The third kappa shape index (κ3) is 3.43. The van der Waals surface area contributed by atoms with E-state index < -0.39 is 5.41 Å². The van der Waals surface area contributed by atoms with E-state index in [1.54, 1.807) is 0 Å². The van der Waals surface area contributed by atoms with Crippen LogP contribution in [0.4, 0.5) is 0 Å². The maximum absolute atomic E-state index is 13.2. The monoisotopic (exact) mass is 316 g/mol. The number of carbonyl (C=O) groups is 1. The molecule has 0 aliphatic carbocycles. The Morgan fingerprint density at radius 3 is 2.61 bits per heavy atom. The van der Waals surface area contributed by atoms with Crippen molar-refractivity contribution in [2.45, 2.75) is 44.6 Å². The average Bonchev–Trinajstić information content (AvgIpc) is 2.58. The number of hydrogen-bond acceptors (Lipinski definition) is 3. The zero-order valence-electron chi connectivity index (χ0n) is 14.2. The summed E-state index contributed by atoms with van der Waals surface area (Å²) in [4.78, 5) is 13.2. The molecule has 1 amide bonds. The second kappa shape index (κ2) is 7.02. The smallest absolute Gasteiger partial charge is 0.231 e. The average molecular weight is 316 g/mol. The first kappa shape index (κ1) is 16.5. The van der Waals surface area contributed by atoms with E-state index in [0.29, 0.717) is 19.1 Å². The van der Waals surface area contributed by atoms with Crippen molar-refractivity contribution in [3.8, 4) is 0 Å². The molecule has 4 heteroatoms. The Bertz CT molecular complexity index is 535. The van der Waals surface area contributed by atoms with Crippen LogP contribution in [0.1, 0.15) is 37.3 Å². The van der Waals surface area contributed by atoms with Crippen molar-refractivity contribution < 1.29 is 9.53 Å². The summed E-state index contributed by atoms with van der Waals surface area (Å²) in [6, 6.07) is 8.65. The molecule has 2 unspecified atom stereocenters. The Morgan fingerprint density at radius 2 is 1.96 bits per heavy atom. The van der Waals surface area contributed by atoms with Gasteiger partial charge in [-0.2, -0.15) is 0 Å². The highest BCUT2D eigenvalue weighted by molar-refractivity contribution is 5.88. The molecule has 2 aliphatic heterocycles. The van der Waals surface area contributed by atoms with E-state index in [0.717, 1.165) is 37.9 Å². The van der Waals surface area contributed by atoms with E-state index in [1.165, 1.54) is 5.56 Å². The van der Waals surface area contributed by atoms with Crippen LogP contribution in [-0.2, 0) is 14.9 Å². The molecule has 3 rings (SSSR count). The topological polar surface area (TPSA) is 50.4 Å². The number of amides is 1. The van der Waals surface area contributed by atoms with Gasteiger partial charge in [0.2, 0.25) is 5.91 Å². The fourth-order valence-electron chi connectivity index (χ4n) is 3.73. The van der Waals surface area contributed by atoms with Crippen molar-refractivity contribution in [3.05, 3.63) is 35.4 Å². The van der Waals surface area contributed by atoms with Gasteiger partial charge in [0.05, 0.1) is 5.41 Å². The van der Waals surface area contributed by atoms with Crippen molar-refractivity contribution in [1.29, 1.82) is 0 Å². The zero-order chi connectivity index (χ0) is 16.3. The third-order valence-electron chi connectivity index (χ3n) is 5.53. The van der Waals surface area contributed by atoms with E-state index in [2.05, 4.69) is 48.7 Å². The maximum atomic E-state index is 13.2. The Labute approximate surface area is 139 Å². The Morgan fingerprint density at radius 1 is 1.26 bits per heavy atom. The molecule has 2 saturated heterocycles. The Hall–Kier alpha value is -1.39. The van der Waals surface area contributed by atoms with Gasteiger partial charge in [-0.05, 0) is 44.2 Å². The molecular weight excluding hydrogens is 288 g/mol. The molecule has 0 bridgehead atoms. The number of ether oxygens (including phenoxy) is 1. The zero-order valence-corrected chi connectivity index (χ0v) is 14.2. The lowest BCUT2D eigenvalue weighted by Gasteiger charge is -2.39. The second-order valence-electron chi connectivity index (χ2n) is 7.11. The third-order valence-corrected chi connectivity index (χ3v) is 5.53. The molecule has 23 heavy (non-hydrogen) atoms. The van der Waals surface area contributed by atoms with E-state index in [9.17, 15) is 4.79 Å². The number of carbonyl (C=O) groups excluding carboxylic acids is 1. The van der Waals surface area contributed by atoms with Crippen LogP contribution >= 0.6 is 0 Å². The molecule has 2 aliphatic rings. The summed E-state index contributed by atoms with van der Waals surface area (Å²) in [5.74, 6) is 0.695.